The molecule has 1 heterocycles. The van der Waals surface area contributed by atoms with Crippen LogP contribution < -0.4 is 0 Å². The van der Waals surface area contributed by atoms with E-state index in [1.165, 1.54) is 0 Å². The molecular weight excluding hydrogens is 494 g/mol. The molecule has 0 bridgehead atoms. The minimum Gasteiger partial charge on any atom is -0.462 e. The molecule has 1 aliphatic rings. The summed E-state index contributed by atoms with van der Waals surface area (Å²) >= 11 is 0. The summed E-state index contributed by atoms with van der Waals surface area (Å²) in [5.41, 5.74) is 0. The SMILES string of the molecule is CCC(=O)C[C@@H](C[C@H](OC)[C@@H](C)CC[C@@H](OC(=O)C(C)C)[C@H](C)[C@H](OC)[C@H](C)/C=C/N1CCCC1=O)C(C)C. The summed E-state index contributed by atoms with van der Waals surface area (Å²) in [4.78, 5) is 38.6. The number of ketones is 1. The first-order chi connectivity index (χ1) is 18.4. The molecule has 0 N–H and O–H groups in total. The monoisotopic (exact) mass is 551 g/mol. The zero-order valence-electron chi connectivity index (χ0n) is 26.4. The van der Waals surface area contributed by atoms with E-state index in [-0.39, 0.29) is 59.8 Å². The molecule has 0 radical (unpaired) electrons. The van der Waals surface area contributed by atoms with E-state index in [1.54, 1.807) is 19.1 Å². The number of amides is 1. The highest BCUT2D eigenvalue weighted by atomic mass is 16.5. The molecule has 1 fully saturated rings. The van der Waals surface area contributed by atoms with Gasteiger partial charge in [-0.3, -0.25) is 14.4 Å². The van der Waals surface area contributed by atoms with E-state index < -0.39 is 0 Å². The van der Waals surface area contributed by atoms with Gasteiger partial charge in [0.25, 0.3) is 0 Å². The largest absolute Gasteiger partial charge is 0.462 e. The molecule has 1 amide bonds. The van der Waals surface area contributed by atoms with Crippen LogP contribution in [-0.4, -0.2) is 61.6 Å². The number of likely N-dealkylation sites (tertiary alicyclic amines) is 1. The van der Waals surface area contributed by atoms with Crippen LogP contribution in [0.5, 0.6) is 0 Å². The Morgan fingerprint density at radius 2 is 1.64 bits per heavy atom. The third kappa shape index (κ3) is 11.7. The summed E-state index contributed by atoms with van der Waals surface area (Å²) in [6.45, 7) is 17.1. The van der Waals surface area contributed by atoms with Gasteiger partial charge in [-0.2, -0.15) is 0 Å². The summed E-state index contributed by atoms with van der Waals surface area (Å²) in [5, 5.41) is 0. The molecular formula is C32H57NO6. The van der Waals surface area contributed by atoms with Crippen molar-refractivity contribution >= 4 is 17.7 Å². The molecule has 7 atom stereocenters. The van der Waals surface area contributed by atoms with Gasteiger partial charge in [0.2, 0.25) is 5.91 Å². The van der Waals surface area contributed by atoms with E-state index in [9.17, 15) is 14.4 Å². The van der Waals surface area contributed by atoms with Crippen LogP contribution in [0, 0.1) is 35.5 Å². The number of carbonyl (C=O) groups excluding carboxylic acids is 3. The molecule has 0 aromatic carbocycles. The molecule has 0 spiro atoms. The average molecular weight is 552 g/mol. The number of hydrogen-bond acceptors (Lipinski definition) is 6. The fourth-order valence-electron chi connectivity index (χ4n) is 5.51. The predicted molar refractivity (Wildman–Crippen MR) is 156 cm³/mol. The Bertz CT molecular complexity index is 779. The van der Waals surface area contributed by atoms with Gasteiger partial charge in [-0.1, -0.05) is 61.5 Å². The number of hydrogen-bond donors (Lipinski definition) is 0. The second-order valence-corrected chi connectivity index (χ2v) is 12.2. The van der Waals surface area contributed by atoms with Crippen LogP contribution in [0.3, 0.4) is 0 Å². The molecule has 0 aromatic rings. The maximum absolute atomic E-state index is 12.7. The summed E-state index contributed by atoms with van der Waals surface area (Å²) < 4.78 is 17.9. The number of Topliss-reactive ketones (excluding diaryl/α,β-unsaturated/α-hetero) is 1. The minimum atomic E-state index is -0.309. The maximum Gasteiger partial charge on any atom is 0.308 e. The molecule has 39 heavy (non-hydrogen) atoms. The lowest BCUT2D eigenvalue weighted by Crippen LogP contribution is -2.39. The number of methoxy groups -OCH3 is 2. The van der Waals surface area contributed by atoms with E-state index in [0.29, 0.717) is 37.4 Å². The Labute approximate surface area is 238 Å². The van der Waals surface area contributed by atoms with Crippen molar-refractivity contribution in [3.8, 4) is 0 Å². The Hall–Kier alpha value is -1.73. The first kappa shape index (κ1) is 35.3. The van der Waals surface area contributed by atoms with Crippen LogP contribution in [0.25, 0.3) is 0 Å². The molecule has 7 heteroatoms. The number of carbonyl (C=O) groups is 3. The summed E-state index contributed by atoms with van der Waals surface area (Å²) in [6.07, 6.45) is 8.47. The lowest BCUT2D eigenvalue weighted by Gasteiger charge is -2.34. The van der Waals surface area contributed by atoms with Crippen LogP contribution >= 0.6 is 0 Å². The molecule has 0 aliphatic carbocycles. The van der Waals surface area contributed by atoms with Crippen molar-refractivity contribution in [1.29, 1.82) is 0 Å². The van der Waals surface area contributed by atoms with Gasteiger partial charge in [0.15, 0.2) is 0 Å². The van der Waals surface area contributed by atoms with Gasteiger partial charge >= 0.3 is 5.97 Å². The molecule has 1 rings (SSSR count). The second kappa shape index (κ2) is 17.9. The van der Waals surface area contributed by atoms with Gasteiger partial charge < -0.3 is 19.1 Å². The van der Waals surface area contributed by atoms with Crippen LogP contribution in [0.15, 0.2) is 12.3 Å². The molecule has 0 saturated carbocycles. The van der Waals surface area contributed by atoms with E-state index in [0.717, 1.165) is 25.8 Å². The fourth-order valence-corrected chi connectivity index (χ4v) is 5.51. The Kier molecular flexibility index (Phi) is 16.2. The lowest BCUT2D eigenvalue weighted by atomic mass is 9.81. The van der Waals surface area contributed by atoms with Gasteiger partial charge in [0.1, 0.15) is 11.9 Å². The van der Waals surface area contributed by atoms with Gasteiger partial charge in [-0.25, -0.2) is 0 Å². The maximum atomic E-state index is 12.7. The molecule has 0 aromatic heterocycles. The number of rotatable bonds is 19. The van der Waals surface area contributed by atoms with Gasteiger partial charge in [0, 0.05) is 58.1 Å². The first-order valence-electron chi connectivity index (χ1n) is 15.1. The van der Waals surface area contributed by atoms with E-state index in [4.69, 9.17) is 14.2 Å². The first-order valence-corrected chi connectivity index (χ1v) is 15.1. The quantitative estimate of drug-likeness (QED) is 0.172. The zero-order valence-corrected chi connectivity index (χ0v) is 26.4. The van der Waals surface area contributed by atoms with Crippen molar-refractivity contribution in [2.24, 2.45) is 35.5 Å². The Balaban J connectivity index is 2.97. The van der Waals surface area contributed by atoms with Gasteiger partial charge in [-0.05, 0) is 43.4 Å². The number of ether oxygens (including phenoxy) is 3. The molecule has 1 aliphatic heterocycles. The Morgan fingerprint density at radius 3 is 2.13 bits per heavy atom. The van der Waals surface area contributed by atoms with Crippen molar-refractivity contribution in [2.45, 2.75) is 119 Å². The van der Waals surface area contributed by atoms with E-state index in [2.05, 4.69) is 34.6 Å². The van der Waals surface area contributed by atoms with Crippen molar-refractivity contribution in [2.75, 3.05) is 20.8 Å². The molecule has 226 valence electrons. The van der Waals surface area contributed by atoms with Crippen LogP contribution in [-0.2, 0) is 28.6 Å². The molecule has 7 nitrogen and oxygen atoms in total. The zero-order chi connectivity index (χ0) is 29.7. The normalized spacial score (nSPS) is 19.8. The lowest BCUT2D eigenvalue weighted by molar-refractivity contribution is -0.159. The van der Waals surface area contributed by atoms with Gasteiger partial charge in [0.05, 0.1) is 18.1 Å². The minimum absolute atomic E-state index is 0.0249. The summed E-state index contributed by atoms with van der Waals surface area (Å²) in [5.74, 6) is 0.936. The predicted octanol–water partition coefficient (Wildman–Crippen LogP) is 6.44. The molecule has 1 saturated heterocycles. The summed E-state index contributed by atoms with van der Waals surface area (Å²) in [6, 6.07) is 0. The average Bonchev–Trinajstić information content (AvgIpc) is 3.31. The van der Waals surface area contributed by atoms with E-state index in [1.807, 2.05) is 33.0 Å². The Morgan fingerprint density at radius 1 is 0.974 bits per heavy atom. The van der Waals surface area contributed by atoms with Gasteiger partial charge in [-0.15, -0.1) is 0 Å². The highest BCUT2D eigenvalue weighted by Gasteiger charge is 2.34. The highest BCUT2D eigenvalue weighted by Crippen LogP contribution is 2.31. The van der Waals surface area contributed by atoms with Crippen molar-refractivity contribution in [3.05, 3.63) is 12.3 Å². The topological polar surface area (TPSA) is 82.1 Å². The standard InChI is InChI=1S/C32H57NO6/c1-11-27(34)19-26(21(2)3)20-29(37-9)23(6)14-15-28(39-32(36)22(4)5)25(8)31(38-10)24(7)16-18-33-17-12-13-30(33)35/h16,18,21-26,28-29,31H,11-15,17,19-20H2,1-10H3/b18-16+/t23-,24+,25-,26-,28+,29-,31+/m0/s1. The highest BCUT2D eigenvalue weighted by molar-refractivity contribution is 5.79. The number of nitrogens with zero attached hydrogens (tertiary/aromatic N) is 1. The van der Waals surface area contributed by atoms with Crippen LogP contribution in [0.1, 0.15) is 100 Å². The van der Waals surface area contributed by atoms with Crippen molar-refractivity contribution in [3.63, 3.8) is 0 Å². The smallest absolute Gasteiger partial charge is 0.308 e. The van der Waals surface area contributed by atoms with Crippen LogP contribution in [0.2, 0.25) is 0 Å². The molecule has 0 unspecified atom stereocenters. The third-order valence-corrected chi connectivity index (χ3v) is 8.52. The van der Waals surface area contributed by atoms with Crippen LogP contribution in [0.4, 0.5) is 0 Å². The van der Waals surface area contributed by atoms with Crippen molar-refractivity contribution in [1.82, 2.24) is 4.90 Å². The van der Waals surface area contributed by atoms with E-state index >= 15 is 0 Å². The number of esters is 1. The fraction of sp³-hybridized carbons (Fsp3) is 0.844. The third-order valence-electron chi connectivity index (χ3n) is 8.52. The van der Waals surface area contributed by atoms with Crippen molar-refractivity contribution < 1.29 is 28.6 Å². The second-order valence-electron chi connectivity index (χ2n) is 12.2. The summed E-state index contributed by atoms with van der Waals surface area (Å²) in [7, 11) is 3.44.